The van der Waals surface area contributed by atoms with Gasteiger partial charge in [0, 0.05) is 30.4 Å². The van der Waals surface area contributed by atoms with Crippen LogP contribution in [-0.4, -0.2) is 20.4 Å². The number of hydrogen-bond acceptors (Lipinski definition) is 4. The molecule has 1 heterocycles. The summed E-state index contributed by atoms with van der Waals surface area (Å²) >= 11 is 5.79. The predicted octanol–water partition coefficient (Wildman–Crippen LogP) is 4.53. The predicted molar refractivity (Wildman–Crippen MR) is 114 cm³/mol. The molecule has 0 radical (unpaired) electrons. The molecule has 0 atom stereocenters. The Morgan fingerprint density at radius 2 is 1.83 bits per heavy atom. The van der Waals surface area contributed by atoms with E-state index in [1.54, 1.807) is 18.2 Å². The highest BCUT2D eigenvalue weighted by atomic mass is 35.5. The van der Waals surface area contributed by atoms with E-state index in [0.29, 0.717) is 10.7 Å². The van der Waals surface area contributed by atoms with Gasteiger partial charge in [-0.25, -0.2) is 18.5 Å². The van der Waals surface area contributed by atoms with E-state index < -0.39 is 27.7 Å². The maximum absolute atomic E-state index is 14.8. The Bertz CT molecular complexity index is 1190. The first-order valence-electron chi connectivity index (χ1n) is 8.85. The summed E-state index contributed by atoms with van der Waals surface area (Å²) in [4.78, 5) is 3.76. The molecule has 3 N–H and O–H groups in total. The van der Waals surface area contributed by atoms with Crippen molar-refractivity contribution in [3.63, 3.8) is 0 Å². The van der Waals surface area contributed by atoms with Crippen molar-refractivity contribution in [2.24, 2.45) is 0 Å². The summed E-state index contributed by atoms with van der Waals surface area (Å²) in [5.41, 5.74) is 2.75. The molecule has 0 unspecified atom stereocenters. The Labute approximate surface area is 178 Å². The van der Waals surface area contributed by atoms with Crippen molar-refractivity contribution < 1.29 is 17.2 Å². The fraction of sp³-hybridized carbons (Fsp3) is 0.150. The highest BCUT2D eigenvalue weighted by molar-refractivity contribution is 7.90. The van der Waals surface area contributed by atoms with Crippen molar-refractivity contribution in [3.05, 3.63) is 82.0 Å². The molecule has 0 fully saturated rings. The molecule has 158 valence electrons. The van der Waals surface area contributed by atoms with Gasteiger partial charge in [0.2, 0.25) is 0 Å². The van der Waals surface area contributed by atoms with E-state index in [9.17, 15) is 17.2 Å². The highest BCUT2D eigenvalue weighted by Gasteiger charge is 2.16. The van der Waals surface area contributed by atoms with Gasteiger partial charge in [0.1, 0.15) is 5.82 Å². The second-order valence-corrected chi connectivity index (χ2v) is 8.51. The van der Waals surface area contributed by atoms with Crippen molar-refractivity contribution in [1.82, 2.24) is 9.71 Å². The molecule has 0 bridgehead atoms. The maximum Gasteiger partial charge on any atom is 0.300 e. The van der Waals surface area contributed by atoms with Crippen molar-refractivity contribution in [3.8, 4) is 0 Å². The fourth-order valence-corrected chi connectivity index (χ4v) is 3.48. The molecule has 3 aromatic rings. The molecule has 6 nitrogen and oxygen atoms in total. The second kappa shape index (κ2) is 8.95. The molecular formula is C20H19ClF2N4O2S. The maximum atomic E-state index is 14.8. The average molecular weight is 453 g/mol. The summed E-state index contributed by atoms with van der Waals surface area (Å²) in [6.07, 6.45) is 1.51. The minimum Gasteiger partial charge on any atom is -0.353 e. The molecule has 0 amide bonds. The molecule has 0 aliphatic heterocycles. The molecular weight excluding hydrogens is 434 g/mol. The summed E-state index contributed by atoms with van der Waals surface area (Å²) < 4.78 is 56.3. The van der Waals surface area contributed by atoms with Crippen LogP contribution in [0.2, 0.25) is 5.02 Å². The lowest BCUT2D eigenvalue weighted by Crippen LogP contribution is -2.27. The first-order chi connectivity index (χ1) is 14.2. The zero-order valence-electron chi connectivity index (χ0n) is 16.1. The van der Waals surface area contributed by atoms with Gasteiger partial charge in [0.25, 0.3) is 10.2 Å². The molecule has 0 aliphatic carbocycles. The SMILES string of the molecule is CNS(=O)(=O)Nc1nccc(Cc2cccc(Nc3ccc(Cl)cc3F)c2C)c1F. The number of nitrogens with one attached hydrogen (secondary N) is 3. The van der Waals surface area contributed by atoms with Crippen LogP contribution >= 0.6 is 11.6 Å². The van der Waals surface area contributed by atoms with E-state index >= 15 is 0 Å². The quantitative estimate of drug-likeness (QED) is 0.491. The van der Waals surface area contributed by atoms with Crippen LogP contribution in [0.25, 0.3) is 0 Å². The zero-order chi connectivity index (χ0) is 21.9. The van der Waals surface area contributed by atoms with Gasteiger partial charge in [0.15, 0.2) is 11.6 Å². The van der Waals surface area contributed by atoms with Crippen LogP contribution in [0.3, 0.4) is 0 Å². The zero-order valence-corrected chi connectivity index (χ0v) is 17.7. The third-order valence-corrected chi connectivity index (χ3v) is 5.73. The number of nitrogens with zero attached hydrogens (tertiary/aromatic N) is 1. The van der Waals surface area contributed by atoms with Gasteiger partial charge in [0.05, 0.1) is 5.69 Å². The number of rotatable bonds is 7. The summed E-state index contributed by atoms with van der Waals surface area (Å²) in [5, 5.41) is 3.31. The third kappa shape index (κ3) is 5.05. The number of aromatic nitrogens is 1. The molecule has 3 rings (SSSR count). The Hall–Kier alpha value is -2.75. The van der Waals surface area contributed by atoms with Gasteiger partial charge in [-0.05, 0) is 53.9 Å². The Kier molecular flexibility index (Phi) is 6.55. The Morgan fingerprint density at radius 3 is 2.53 bits per heavy atom. The molecule has 2 aromatic carbocycles. The molecule has 1 aromatic heterocycles. The highest BCUT2D eigenvalue weighted by Crippen LogP contribution is 2.28. The number of anilines is 3. The minimum absolute atomic E-state index is 0.188. The molecule has 0 saturated carbocycles. The van der Waals surface area contributed by atoms with E-state index in [1.807, 2.05) is 22.4 Å². The smallest absolute Gasteiger partial charge is 0.300 e. The normalized spacial score (nSPS) is 11.4. The first kappa shape index (κ1) is 21.9. The Balaban J connectivity index is 1.89. The van der Waals surface area contributed by atoms with Gasteiger partial charge < -0.3 is 5.32 Å². The van der Waals surface area contributed by atoms with Crippen LogP contribution in [0.1, 0.15) is 16.7 Å². The van der Waals surface area contributed by atoms with Gasteiger partial charge in [-0.15, -0.1) is 0 Å². The third-order valence-electron chi connectivity index (χ3n) is 4.50. The van der Waals surface area contributed by atoms with Crippen LogP contribution in [-0.2, 0) is 16.6 Å². The van der Waals surface area contributed by atoms with Crippen LogP contribution < -0.4 is 14.8 Å². The summed E-state index contributed by atoms with van der Waals surface area (Å²) in [6, 6.07) is 11.2. The molecule has 0 spiro atoms. The molecule has 0 saturated heterocycles. The minimum atomic E-state index is -3.90. The van der Waals surface area contributed by atoms with Crippen molar-refractivity contribution in [2.75, 3.05) is 17.1 Å². The van der Waals surface area contributed by atoms with E-state index in [-0.39, 0.29) is 17.7 Å². The van der Waals surface area contributed by atoms with Crippen LogP contribution in [0.5, 0.6) is 0 Å². The van der Waals surface area contributed by atoms with Crippen molar-refractivity contribution >= 4 is 39.0 Å². The summed E-state index contributed by atoms with van der Waals surface area (Å²) in [7, 11) is -2.69. The van der Waals surface area contributed by atoms with Crippen LogP contribution in [0.15, 0.2) is 48.7 Å². The van der Waals surface area contributed by atoms with E-state index in [0.717, 1.165) is 11.1 Å². The fourth-order valence-electron chi connectivity index (χ4n) is 2.82. The topological polar surface area (TPSA) is 83.1 Å². The van der Waals surface area contributed by atoms with E-state index in [1.165, 1.54) is 31.4 Å². The number of hydrogen-bond donors (Lipinski definition) is 3. The van der Waals surface area contributed by atoms with Gasteiger partial charge in [-0.3, -0.25) is 4.72 Å². The van der Waals surface area contributed by atoms with Crippen molar-refractivity contribution in [2.45, 2.75) is 13.3 Å². The van der Waals surface area contributed by atoms with Crippen LogP contribution in [0.4, 0.5) is 26.0 Å². The van der Waals surface area contributed by atoms with Crippen molar-refractivity contribution in [1.29, 1.82) is 0 Å². The average Bonchev–Trinajstić information content (AvgIpc) is 2.69. The van der Waals surface area contributed by atoms with Gasteiger partial charge in [-0.1, -0.05) is 23.7 Å². The monoisotopic (exact) mass is 452 g/mol. The lowest BCUT2D eigenvalue weighted by atomic mass is 9.99. The van der Waals surface area contributed by atoms with Crippen LogP contribution in [0, 0.1) is 18.6 Å². The van der Waals surface area contributed by atoms with Gasteiger partial charge in [-0.2, -0.15) is 8.42 Å². The number of pyridine rings is 1. The lowest BCUT2D eigenvalue weighted by molar-refractivity contribution is 0.589. The molecule has 30 heavy (non-hydrogen) atoms. The Morgan fingerprint density at radius 1 is 1.07 bits per heavy atom. The first-order valence-corrected chi connectivity index (χ1v) is 10.7. The summed E-state index contributed by atoms with van der Waals surface area (Å²) in [5.74, 6) is -1.65. The number of benzene rings is 2. The lowest BCUT2D eigenvalue weighted by Gasteiger charge is -2.15. The van der Waals surface area contributed by atoms with E-state index in [2.05, 4.69) is 10.3 Å². The molecule has 0 aliphatic rings. The largest absolute Gasteiger partial charge is 0.353 e. The second-order valence-electron chi connectivity index (χ2n) is 6.46. The van der Waals surface area contributed by atoms with E-state index in [4.69, 9.17) is 11.6 Å². The standard InChI is InChI=1S/C20H19ClF2N4O2S/c1-12-13(4-3-5-17(12)26-18-7-6-15(21)11-16(18)22)10-14-8-9-25-20(19(14)23)27-30(28,29)24-2/h3-9,11,24,26H,10H2,1-2H3,(H,25,27). The van der Waals surface area contributed by atoms with Gasteiger partial charge >= 0.3 is 0 Å². The number of halogens is 3. The molecule has 10 heteroatoms. The summed E-state index contributed by atoms with van der Waals surface area (Å²) in [6.45, 7) is 1.83.